The fourth-order valence-electron chi connectivity index (χ4n) is 3.10. The number of aryl methyl sites for hydroxylation is 2. The van der Waals surface area contributed by atoms with Gasteiger partial charge < -0.3 is 9.47 Å². The van der Waals surface area contributed by atoms with Crippen molar-refractivity contribution in [1.29, 1.82) is 5.26 Å². The van der Waals surface area contributed by atoms with Crippen LogP contribution in [0.15, 0.2) is 42.5 Å². The van der Waals surface area contributed by atoms with E-state index < -0.39 is 12.1 Å². The zero-order valence-electron chi connectivity index (χ0n) is 15.2. The van der Waals surface area contributed by atoms with Crippen LogP contribution in [0, 0.1) is 11.3 Å². The molecule has 0 saturated carbocycles. The van der Waals surface area contributed by atoms with Gasteiger partial charge in [-0.3, -0.25) is 4.79 Å². The maximum absolute atomic E-state index is 12.3. The molecule has 0 unspecified atom stereocenters. The number of rotatable bonds is 6. The molecule has 138 valence electrons. The molecule has 3 rings (SSSR count). The summed E-state index contributed by atoms with van der Waals surface area (Å²) in [7, 11) is 0. The summed E-state index contributed by atoms with van der Waals surface area (Å²) >= 11 is 0. The van der Waals surface area contributed by atoms with E-state index in [1.807, 2.05) is 18.2 Å². The van der Waals surface area contributed by atoms with Crippen LogP contribution in [0.4, 0.5) is 0 Å². The van der Waals surface area contributed by atoms with E-state index in [9.17, 15) is 9.59 Å². The molecule has 0 bridgehead atoms. The number of fused-ring (bicyclic) bond motifs is 1. The minimum Gasteiger partial charge on any atom is -0.479 e. The average molecular weight is 363 g/mol. The fraction of sp³-hybridized carbons (Fsp3) is 0.318. The molecule has 1 aliphatic rings. The van der Waals surface area contributed by atoms with Crippen LogP contribution in [0.25, 0.3) is 0 Å². The second kappa shape index (κ2) is 8.50. The summed E-state index contributed by atoms with van der Waals surface area (Å²) in [5.74, 6) is -0.368. The predicted molar refractivity (Wildman–Crippen MR) is 99.6 cm³/mol. The summed E-state index contributed by atoms with van der Waals surface area (Å²) in [5.41, 5.74) is 3.60. The molecule has 0 aliphatic heterocycles. The number of nitrogens with zero attached hydrogens (tertiary/aromatic N) is 1. The molecule has 27 heavy (non-hydrogen) atoms. The number of benzene rings is 2. The number of carbonyl (C=O) groups is 2. The van der Waals surface area contributed by atoms with Crippen LogP contribution < -0.4 is 4.74 Å². The first kappa shape index (κ1) is 18.7. The van der Waals surface area contributed by atoms with E-state index in [1.165, 1.54) is 17.5 Å². The molecular weight excluding hydrogens is 342 g/mol. The topological polar surface area (TPSA) is 76.4 Å². The Morgan fingerprint density at radius 2 is 1.78 bits per heavy atom. The highest BCUT2D eigenvalue weighted by Crippen LogP contribution is 2.22. The molecule has 5 heteroatoms. The highest BCUT2D eigenvalue weighted by atomic mass is 16.6. The van der Waals surface area contributed by atoms with E-state index in [4.69, 9.17) is 14.7 Å². The number of hydrogen-bond donors (Lipinski definition) is 0. The van der Waals surface area contributed by atoms with Crippen molar-refractivity contribution in [3.05, 3.63) is 64.7 Å². The molecule has 1 atom stereocenters. The summed E-state index contributed by atoms with van der Waals surface area (Å²) in [6.45, 7) is 1.25. The van der Waals surface area contributed by atoms with Gasteiger partial charge >= 0.3 is 5.97 Å². The van der Waals surface area contributed by atoms with Gasteiger partial charge in [0.2, 0.25) is 0 Å². The van der Waals surface area contributed by atoms with Gasteiger partial charge in [0.05, 0.1) is 11.6 Å². The monoisotopic (exact) mass is 363 g/mol. The van der Waals surface area contributed by atoms with Gasteiger partial charge in [-0.25, -0.2) is 4.79 Å². The normalized spacial score (nSPS) is 13.8. The number of Topliss-reactive ketones (excluding diaryl/α,β-unsaturated/α-hetero) is 1. The van der Waals surface area contributed by atoms with Gasteiger partial charge in [-0.1, -0.05) is 12.1 Å². The largest absolute Gasteiger partial charge is 0.479 e. The fourth-order valence-corrected chi connectivity index (χ4v) is 3.10. The Hall–Kier alpha value is -3.13. The third-order valence-corrected chi connectivity index (χ3v) is 4.64. The molecule has 0 fully saturated rings. The van der Waals surface area contributed by atoms with E-state index >= 15 is 0 Å². The third-order valence-electron chi connectivity index (χ3n) is 4.64. The average Bonchev–Trinajstić information content (AvgIpc) is 2.71. The lowest BCUT2D eigenvalue weighted by atomic mass is 9.90. The maximum Gasteiger partial charge on any atom is 0.347 e. The molecule has 0 radical (unpaired) electrons. The van der Waals surface area contributed by atoms with Gasteiger partial charge in [-0.2, -0.15) is 5.26 Å². The predicted octanol–water partition coefficient (Wildman–Crippen LogP) is 3.63. The Balaban J connectivity index is 1.53. The summed E-state index contributed by atoms with van der Waals surface area (Å²) in [5, 5.41) is 8.78. The number of esters is 1. The van der Waals surface area contributed by atoms with E-state index in [0.717, 1.165) is 19.3 Å². The Bertz CT molecular complexity index is 880. The lowest BCUT2D eigenvalue weighted by Gasteiger charge is -2.16. The van der Waals surface area contributed by atoms with Crippen LogP contribution >= 0.6 is 0 Å². The second-order valence-corrected chi connectivity index (χ2v) is 6.62. The Labute approximate surface area is 158 Å². The van der Waals surface area contributed by atoms with Crippen LogP contribution in [0.2, 0.25) is 0 Å². The zero-order valence-corrected chi connectivity index (χ0v) is 15.2. The van der Waals surface area contributed by atoms with Gasteiger partial charge in [-0.05, 0) is 74.1 Å². The van der Waals surface area contributed by atoms with Gasteiger partial charge in [0.15, 0.2) is 18.5 Å². The highest BCUT2D eigenvalue weighted by Gasteiger charge is 2.19. The van der Waals surface area contributed by atoms with Crippen LogP contribution in [-0.4, -0.2) is 24.5 Å². The van der Waals surface area contributed by atoms with Crippen LogP contribution in [0.3, 0.4) is 0 Å². The van der Waals surface area contributed by atoms with Crippen molar-refractivity contribution in [3.63, 3.8) is 0 Å². The number of ketones is 1. The van der Waals surface area contributed by atoms with Crippen molar-refractivity contribution in [3.8, 4) is 11.8 Å². The second-order valence-electron chi connectivity index (χ2n) is 6.62. The quantitative estimate of drug-likeness (QED) is 0.579. The van der Waals surface area contributed by atoms with Crippen molar-refractivity contribution in [1.82, 2.24) is 0 Å². The van der Waals surface area contributed by atoms with E-state index in [-0.39, 0.29) is 12.4 Å². The smallest absolute Gasteiger partial charge is 0.347 e. The molecule has 0 amide bonds. The molecule has 0 saturated heterocycles. The number of hydrogen-bond acceptors (Lipinski definition) is 5. The molecule has 0 spiro atoms. The van der Waals surface area contributed by atoms with Gasteiger partial charge in [0.1, 0.15) is 5.75 Å². The first-order valence-corrected chi connectivity index (χ1v) is 9.05. The molecule has 2 aromatic carbocycles. The molecule has 0 aromatic heterocycles. The number of carbonyl (C=O) groups excluding carboxylic acids is 2. The molecular formula is C22H21NO4. The Morgan fingerprint density at radius 1 is 1.07 bits per heavy atom. The first-order chi connectivity index (χ1) is 13.1. The minimum absolute atomic E-state index is 0.220. The van der Waals surface area contributed by atoms with Crippen LogP contribution in [0.5, 0.6) is 5.75 Å². The van der Waals surface area contributed by atoms with E-state index in [0.29, 0.717) is 16.9 Å². The van der Waals surface area contributed by atoms with Crippen molar-refractivity contribution < 1.29 is 19.1 Å². The van der Waals surface area contributed by atoms with Crippen molar-refractivity contribution >= 4 is 11.8 Å². The SMILES string of the molecule is C[C@@H](Oc1ccc(C#N)cc1)C(=O)OCC(=O)c1ccc2c(c1)CCCC2. The Kier molecular flexibility index (Phi) is 5.87. The summed E-state index contributed by atoms with van der Waals surface area (Å²) in [6.07, 6.45) is 3.53. The lowest BCUT2D eigenvalue weighted by molar-refractivity contribution is -0.149. The van der Waals surface area contributed by atoms with E-state index in [1.54, 1.807) is 37.3 Å². The first-order valence-electron chi connectivity index (χ1n) is 9.05. The van der Waals surface area contributed by atoms with Gasteiger partial charge in [-0.15, -0.1) is 0 Å². The van der Waals surface area contributed by atoms with Gasteiger partial charge in [0.25, 0.3) is 0 Å². The van der Waals surface area contributed by atoms with Crippen molar-refractivity contribution in [2.45, 2.75) is 38.7 Å². The molecule has 5 nitrogen and oxygen atoms in total. The molecule has 2 aromatic rings. The highest BCUT2D eigenvalue weighted by molar-refractivity contribution is 5.98. The molecule has 0 heterocycles. The van der Waals surface area contributed by atoms with Crippen LogP contribution in [-0.2, 0) is 22.4 Å². The summed E-state index contributed by atoms with van der Waals surface area (Å²) in [4.78, 5) is 24.4. The third kappa shape index (κ3) is 4.73. The molecule has 1 aliphatic carbocycles. The summed E-state index contributed by atoms with van der Waals surface area (Å²) in [6, 6.07) is 14.2. The zero-order chi connectivity index (χ0) is 19.2. The minimum atomic E-state index is -0.853. The summed E-state index contributed by atoms with van der Waals surface area (Å²) < 4.78 is 10.6. The standard InChI is InChI=1S/C22H21NO4/c1-15(27-20-10-6-16(13-23)7-11-20)22(25)26-14-21(24)19-9-8-17-4-2-3-5-18(17)12-19/h6-12,15H,2-5,14H2,1H3/t15-/m1/s1. The molecule has 0 N–H and O–H groups in total. The van der Waals surface area contributed by atoms with Gasteiger partial charge in [0, 0.05) is 5.56 Å². The van der Waals surface area contributed by atoms with Crippen LogP contribution in [0.1, 0.15) is 46.8 Å². The number of nitriles is 1. The van der Waals surface area contributed by atoms with Crippen molar-refractivity contribution in [2.24, 2.45) is 0 Å². The Morgan fingerprint density at radius 3 is 2.48 bits per heavy atom. The maximum atomic E-state index is 12.3. The van der Waals surface area contributed by atoms with Crippen molar-refractivity contribution in [2.75, 3.05) is 6.61 Å². The van der Waals surface area contributed by atoms with E-state index in [2.05, 4.69) is 0 Å². The lowest BCUT2D eigenvalue weighted by Crippen LogP contribution is -2.28. The number of ether oxygens (including phenoxy) is 2.